The summed E-state index contributed by atoms with van der Waals surface area (Å²) >= 11 is 11.5. The van der Waals surface area contributed by atoms with E-state index in [0.717, 1.165) is 4.90 Å². The Hall–Kier alpha value is -2.24. The minimum absolute atomic E-state index is 0.0537. The number of benzene rings is 1. The molecule has 7 heteroatoms. The monoisotopic (exact) mass is 334 g/mol. The Morgan fingerprint density at radius 1 is 1.14 bits per heavy atom. The van der Waals surface area contributed by atoms with Crippen molar-refractivity contribution in [3.8, 4) is 0 Å². The number of carbonyl (C=O) groups is 3. The van der Waals surface area contributed by atoms with Crippen molar-refractivity contribution in [2.75, 3.05) is 4.90 Å². The molecule has 2 aromatic rings. The molecule has 2 heterocycles. The van der Waals surface area contributed by atoms with E-state index in [1.807, 2.05) is 0 Å². The van der Waals surface area contributed by atoms with Gasteiger partial charge < -0.3 is 0 Å². The van der Waals surface area contributed by atoms with Gasteiger partial charge in [-0.05, 0) is 42.8 Å². The summed E-state index contributed by atoms with van der Waals surface area (Å²) in [5, 5.41) is -0.778. The smallest absolute Gasteiger partial charge is 0.275 e. The number of nitrogens with zero attached hydrogens (tertiary/aromatic N) is 2. The van der Waals surface area contributed by atoms with Gasteiger partial charge in [-0.3, -0.25) is 14.4 Å². The van der Waals surface area contributed by atoms with Crippen LogP contribution in [0.25, 0.3) is 0 Å². The van der Waals surface area contributed by atoms with Gasteiger partial charge in [0, 0.05) is 5.69 Å². The fraction of sp³-hybridized carbons (Fsp3) is 0.0667. The summed E-state index contributed by atoms with van der Waals surface area (Å²) in [7, 11) is 0. The van der Waals surface area contributed by atoms with Gasteiger partial charge in [0.25, 0.3) is 17.1 Å². The largest absolute Gasteiger partial charge is 0.284 e. The standard InChI is InChI=1S/C15H8Cl2N2O3/c1-7-5-6-8-12(18-7)15(22)19(14(8)21)10-4-2-3-9(16)11(10)13(17)20/h2-6H,1H3. The predicted octanol–water partition coefficient (Wildman–Crippen LogP) is 3.22. The van der Waals surface area contributed by atoms with Crippen LogP contribution in [0.15, 0.2) is 30.3 Å². The number of pyridine rings is 1. The number of fused-ring (bicyclic) bond motifs is 1. The maximum absolute atomic E-state index is 12.5. The van der Waals surface area contributed by atoms with Crippen LogP contribution in [-0.4, -0.2) is 22.0 Å². The van der Waals surface area contributed by atoms with Crippen LogP contribution in [0.4, 0.5) is 5.69 Å². The normalized spacial score (nSPS) is 13.5. The van der Waals surface area contributed by atoms with Crippen LogP contribution in [0.5, 0.6) is 0 Å². The SMILES string of the molecule is Cc1ccc2c(n1)C(=O)N(c1cccc(Cl)c1C(=O)Cl)C2=O. The van der Waals surface area contributed by atoms with Gasteiger partial charge in [-0.15, -0.1) is 0 Å². The second-order valence-electron chi connectivity index (χ2n) is 4.70. The molecular formula is C15H8Cl2N2O3. The molecule has 2 amide bonds. The van der Waals surface area contributed by atoms with E-state index in [4.69, 9.17) is 23.2 Å². The van der Waals surface area contributed by atoms with Crippen molar-refractivity contribution in [3.63, 3.8) is 0 Å². The quantitative estimate of drug-likeness (QED) is 0.624. The second kappa shape index (κ2) is 5.19. The summed E-state index contributed by atoms with van der Waals surface area (Å²) in [6.07, 6.45) is 0. The summed E-state index contributed by atoms with van der Waals surface area (Å²) in [5.41, 5.74) is 0.818. The average Bonchev–Trinajstić information content (AvgIpc) is 2.69. The average molecular weight is 335 g/mol. The fourth-order valence-electron chi connectivity index (χ4n) is 2.32. The molecule has 0 aliphatic carbocycles. The molecule has 0 saturated heterocycles. The molecule has 5 nitrogen and oxygen atoms in total. The van der Waals surface area contributed by atoms with Crippen LogP contribution >= 0.6 is 23.2 Å². The number of rotatable bonds is 2. The van der Waals surface area contributed by atoms with Crippen molar-refractivity contribution in [3.05, 3.63) is 57.9 Å². The number of aromatic nitrogens is 1. The van der Waals surface area contributed by atoms with E-state index in [9.17, 15) is 14.4 Å². The molecule has 1 aliphatic heterocycles. The molecule has 0 N–H and O–H groups in total. The van der Waals surface area contributed by atoms with Crippen molar-refractivity contribution in [1.82, 2.24) is 4.98 Å². The lowest BCUT2D eigenvalue weighted by molar-refractivity contribution is 0.0924. The maximum atomic E-state index is 12.5. The summed E-state index contributed by atoms with van der Waals surface area (Å²) in [4.78, 5) is 41.5. The van der Waals surface area contributed by atoms with Crippen LogP contribution in [-0.2, 0) is 0 Å². The van der Waals surface area contributed by atoms with Gasteiger partial charge in [0.05, 0.1) is 21.8 Å². The topological polar surface area (TPSA) is 67.3 Å². The van der Waals surface area contributed by atoms with Crippen molar-refractivity contribution in [2.45, 2.75) is 6.92 Å². The Bertz CT molecular complexity index is 849. The third-order valence-electron chi connectivity index (χ3n) is 3.30. The van der Waals surface area contributed by atoms with Gasteiger partial charge in [-0.1, -0.05) is 17.7 Å². The zero-order valence-corrected chi connectivity index (χ0v) is 12.8. The zero-order chi connectivity index (χ0) is 16.0. The maximum Gasteiger partial charge on any atom is 0.284 e. The van der Waals surface area contributed by atoms with Gasteiger partial charge in [0.2, 0.25) is 0 Å². The molecule has 1 aromatic carbocycles. The summed E-state index contributed by atoms with van der Waals surface area (Å²) in [6.45, 7) is 1.72. The molecule has 0 spiro atoms. The number of anilines is 1. The number of amides is 2. The van der Waals surface area contributed by atoms with E-state index >= 15 is 0 Å². The summed E-state index contributed by atoms with van der Waals surface area (Å²) in [5.74, 6) is -1.17. The fourth-order valence-corrected chi connectivity index (χ4v) is 2.83. The van der Waals surface area contributed by atoms with Gasteiger partial charge in [-0.25, -0.2) is 9.88 Å². The van der Waals surface area contributed by atoms with E-state index in [2.05, 4.69) is 4.98 Å². The van der Waals surface area contributed by atoms with Crippen LogP contribution in [0.3, 0.4) is 0 Å². The number of halogens is 2. The minimum atomic E-state index is -0.846. The highest BCUT2D eigenvalue weighted by Gasteiger charge is 2.39. The van der Waals surface area contributed by atoms with E-state index < -0.39 is 17.1 Å². The van der Waals surface area contributed by atoms with E-state index in [-0.39, 0.29) is 27.5 Å². The minimum Gasteiger partial charge on any atom is -0.275 e. The predicted molar refractivity (Wildman–Crippen MR) is 81.7 cm³/mol. The Balaban J connectivity index is 2.20. The van der Waals surface area contributed by atoms with Crippen molar-refractivity contribution in [1.29, 1.82) is 0 Å². The van der Waals surface area contributed by atoms with Crippen molar-refractivity contribution in [2.24, 2.45) is 0 Å². The first-order valence-electron chi connectivity index (χ1n) is 6.26. The lowest BCUT2D eigenvalue weighted by atomic mass is 10.1. The molecule has 3 rings (SSSR count). The van der Waals surface area contributed by atoms with Crippen LogP contribution < -0.4 is 4.90 Å². The first-order valence-corrected chi connectivity index (χ1v) is 7.02. The van der Waals surface area contributed by atoms with Crippen molar-refractivity contribution >= 4 is 45.9 Å². The summed E-state index contributed by atoms with van der Waals surface area (Å²) < 4.78 is 0. The third-order valence-corrected chi connectivity index (χ3v) is 3.81. The lowest BCUT2D eigenvalue weighted by Crippen LogP contribution is -2.31. The molecule has 22 heavy (non-hydrogen) atoms. The molecule has 0 radical (unpaired) electrons. The van der Waals surface area contributed by atoms with Crippen LogP contribution in [0, 0.1) is 6.92 Å². The number of hydrogen-bond acceptors (Lipinski definition) is 4. The number of aryl methyl sites for hydroxylation is 1. The van der Waals surface area contributed by atoms with Crippen LogP contribution in [0.2, 0.25) is 5.02 Å². The molecule has 0 atom stereocenters. The van der Waals surface area contributed by atoms with E-state index in [1.54, 1.807) is 13.0 Å². The molecular weight excluding hydrogens is 327 g/mol. The van der Waals surface area contributed by atoms with Gasteiger partial charge in [0.1, 0.15) is 5.69 Å². The Labute approximate surface area is 135 Å². The second-order valence-corrected chi connectivity index (χ2v) is 5.45. The third kappa shape index (κ3) is 2.10. The molecule has 110 valence electrons. The molecule has 0 saturated carbocycles. The lowest BCUT2D eigenvalue weighted by Gasteiger charge is -2.16. The number of carbonyl (C=O) groups excluding carboxylic acids is 3. The molecule has 1 aliphatic rings. The van der Waals surface area contributed by atoms with E-state index in [1.165, 1.54) is 24.3 Å². The van der Waals surface area contributed by atoms with E-state index in [0.29, 0.717) is 5.69 Å². The van der Waals surface area contributed by atoms with Crippen molar-refractivity contribution < 1.29 is 14.4 Å². The highest BCUT2D eigenvalue weighted by Crippen LogP contribution is 2.34. The molecule has 1 aromatic heterocycles. The molecule has 0 unspecified atom stereocenters. The van der Waals surface area contributed by atoms with Gasteiger partial charge >= 0.3 is 0 Å². The first-order chi connectivity index (χ1) is 10.4. The number of imide groups is 1. The molecule has 0 fully saturated rings. The Kier molecular flexibility index (Phi) is 3.47. The van der Waals surface area contributed by atoms with Crippen LogP contribution in [0.1, 0.15) is 36.9 Å². The Morgan fingerprint density at radius 3 is 2.55 bits per heavy atom. The van der Waals surface area contributed by atoms with Gasteiger partial charge in [-0.2, -0.15) is 0 Å². The highest BCUT2D eigenvalue weighted by molar-refractivity contribution is 6.69. The highest BCUT2D eigenvalue weighted by atomic mass is 35.5. The Morgan fingerprint density at radius 2 is 1.86 bits per heavy atom. The zero-order valence-electron chi connectivity index (χ0n) is 11.3. The number of hydrogen-bond donors (Lipinski definition) is 0. The molecule has 0 bridgehead atoms. The summed E-state index contributed by atoms with van der Waals surface area (Å²) in [6, 6.07) is 7.60. The van der Waals surface area contributed by atoms with Gasteiger partial charge in [0.15, 0.2) is 0 Å². The first kappa shape index (κ1) is 14.7.